The monoisotopic (exact) mass is 269 g/mol. The van der Waals surface area contributed by atoms with E-state index in [9.17, 15) is 4.79 Å². The number of hydrogen-bond acceptors (Lipinski definition) is 5. The number of fused-ring (bicyclic) bond motifs is 1. The average molecular weight is 269 g/mol. The molecule has 0 spiro atoms. The van der Waals surface area contributed by atoms with Crippen LogP contribution in [0.15, 0.2) is 43.0 Å². The van der Waals surface area contributed by atoms with Crippen LogP contribution in [0.5, 0.6) is 5.75 Å². The Bertz CT molecular complexity index is 726. The van der Waals surface area contributed by atoms with Gasteiger partial charge in [0.1, 0.15) is 17.6 Å². The maximum Gasteiger partial charge on any atom is 0.263 e. The van der Waals surface area contributed by atoms with Gasteiger partial charge < -0.3 is 15.0 Å². The molecule has 0 radical (unpaired) electrons. The molecule has 0 unspecified atom stereocenters. The zero-order valence-corrected chi connectivity index (χ0v) is 10.4. The van der Waals surface area contributed by atoms with Gasteiger partial charge in [-0.05, 0) is 12.1 Å². The first-order valence-electron chi connectivity index (χ1n) is 5.95. The Morgan fingerprint density at radius 1 is 1.20 bits per heavy atom. The van der Waals surface area contributed by atoms with Crippen LogP contribution in [0.4, 0.5) is 5.82 Å². The Kier molecular flexibility index (Phi) is 3.24. The molecule has 0 saturated carbocycles. The first-order chi connectivity index (χ1) is 9.83. The van der Waals surface area contributed by atoms with Crippen molar-refractivity contribution >= 4 is 22.9 Å². The van der Waals surface area contributed by atoms with Crippen molar-refractivity contribution in [2.75, 3.05) is 11.9 Å². The number of imidazole rings is 1. The van der Waals surface area contributed by atoms with Crippen LogP contribution in [-0.4, -0.2) is 32.4 Å². The van der Waals surface area contributed by atoms with Crippen LogP contribution >= 0.6 is 0 Å². The number of carbonyl (C=O) groups is 1. The lowest BCUT2D eigenvalue weighted by atomic mass is 10.3. The lowest BCUT2D eigenvalue weighted by Gasteiger charge is -2.06. The van der Waals surface area contributed by atoms with Crippen LogP contribution in [0.1, 0.15) is 0 Å². The summed E-state index contributed by atoms with van der Waals surface area (Å²) in [6, 6.07) is 9.12. The number of aromatic amines is 1. The van der Waals surface area contributed by atoms with Crippen LogP contribution in [0.2, 0.25) is 0 Å². The van der Waals surface area contributed by atoms with Crippen LogP contribution in [0.25, 0.3) is 11.2 Å². The van der Waals surface area contributed by atoms with E-state index in [1.807, 2.05) is 18.2 Å². The molecule has 1 aromatic carbocycles. The fourth-order valence-corrected chi connectivity index (χ4v) is 1.69. The molecule has 0 atom stereocenters. The minimum Gasteiger partial charge on any atom is -0.484 e. The Balaban J connectivity index is 1.66. The van der Waals surface area contributed by atoms with Crippen molar-refractivity contribution in [2.45, 2.75) is 0 Å². The molecule has 100 valence electrons. The highest BCUT2D eigenvalue weighted by atomic mass is 16.5. The molecule has 0 aliphatic carbocycles. The zero-order valence-electron chi connectivity index (χ0n) is 10.4. The largest absolute Gasteiger partial charge is 0.484 e. The summed E-state index contributed by atoms with van der Waals surface area (Å²) in [5.74, 6) is 0.717. The predicted octanol–water partition coefficient (Wildman–Crippen LogP) is 1.37. The number of aromatic nitrogens is 4. The highest BCUT2D eigenvalue weighted by molar-refractivity contribution is 5.97. The van der Waals surface area contributed by atoms with E-state index < -0.39 is 0 Å². The van der Waals surface area contributed by atoms with E-state index in [0.29, 0.717) is 22.7 Å². The molecule has 0 fully saturated rings. The maximum absolute atomic E-state index is 11.8. The minimum atomic E-state index is -0.302. The van der Waals surface area contributed by atoms with Crippen molar-refractivity contribution in [1.82, 2.24) is 19.9 Å². The summed E-state index contributed by atoms with van der Waals surface area (Å²) < 4.78 is 5.35. The summed E-state index contributed by atoms with van der Waals surface area (Å²) in [5.41, 5.74) is 1.08. The van der Waals surface area contributed by atoms with Gasteiger partial charge in [0.2, 0.25) is 0 Å². The van der Waals surface area contributed by atoms with Gasteiger partial charge >= 0.3 is 0 Å². The van der Waals surface area contributed by atoms with Gasteiger partial charge in [-0.3, -0.25) is 4.79 Å². The third-order valence-corrected chi connectivity index (χ3v) is 2.59. The van der Waals surface area contributed by atoms with Gasteiger partial charge in [0.05, 0.1) is 6.33 Å². The Morgan fingerprint density at radius 3 is 2.90 bits per heavy atom. The number of nitrogens with one attached hydrogen (secondary N) is 2. The SMILES string of the molecule is O=C(COc1ccccc1)Nc1ncnc2nc[nH]c12. The number of benzene rings is 1. The molecule has 0 bridgehead atoms. The molecular weight excluding hydrogens is 258 g/mol. The van der Waals surface area contributed by atoms with E-state index in [4.69, 9.17) is 4.74 Å². The summed E-state index contributed by atoms with van der Waals surface area (Å²) in [7, 11) is 0. The van der Waals surface area contributed by atoms with Crippen molar-refractivity contribution in [3.8, 4) is 5.75 Å². The van der Waals surface area contributed by atoms with E-state index in [1.165, 1.54) is 12.7 Å². The average Bonchev–Trinajstić information content (AvgIpc) is 2.96. The lowest BCUT2D eigenvalue weighted by Crippen LogP contribution is -2.21. The molecule has 7 nitrogen and oxygen atoms in total. The summed E-state index contributed by atoms with van der Waals surface area (Å²) in [4.78, 5) is 26.7. The van der Waals surface area contributed by atoms with Crippen LogP contribution in [-0.2, 0) is 4.79 Å². The number of amides is 1. The van der Waals surface area contributed by atoms with Gasteiger partial charge in [-0.2, -0.15) is 0 Å². The molecule has 2 aromatic heterocycles. The minimum absolute atomic E-state index is 0.0936. The third kappa shape index (κ3) is 2.56. The predicted molar refractivity (Wildman–Crippen MR) is 72.3 cm³/mol. The van der Waals surface area contributed by atoms with E-state index in [1.54, 1.807) is 12.1 Å². The maximum atomic E-state index is 11.8. The smallest absolute Gasteiger partial charge is 0.263 e. The normalized spacial score (nSPS) is 10.4. The number of ether oxygens (including phenoxy) is 1. The summed E-state index contributed by atoms with van der Waals surface area (Å²) in [5, 5.41) is 2.65. The van der Waals surface area contributed by atoms with Crippen molar-refractivity contribution in [3.05, 3.63) is 43.0 Å². The zero-order chi connectivity index (χ0) is 13.8. The van der Waals surface area contributed by atoms with Crippen molar-refractivity contribution in [1.29, 1.82) is 0 Å². The van der Waals surface area contributed by atoms with Gasteiger partial charge in [0.15, 0.2) is 18.1 Å². The molecule has 0 aliphatic heterocycles. The summed E-state index contributed by atoms with van der Waals surface area (Å²) in [6.07, 6.45) is 2.84. The molecule has 2 N–H and O–H groups in total. The Hall–Kier alpha value is -2.96. The van der Waals surface area contributed by atoms with E-state index in [-0.39, 0.29) is 12.5 Å². The first-order valence-corrected chi connectivity index (χ1v) is 5.95. The molecule has 3 rings (SSSR count). The van der Waals surface area contributed by atoms with E-state index >= 15 is 0 Å². The van der Waals surface area contributed by atoms with Crippen LogP contribution < -0.4 is 10.1 Å². The summed E-state index contributed by atoms with van der Waals surface area (Å²) in [6.45, 7) is -0.0936. The van der Waals surface area contributed by atoms with Crippen LogP contribution in [0, 0.1) is 0 Å². The molecule has 3 aromatic rings. The van der Waals surface area contributed by atoms with Gasteiger partial charge in [0.25, 0.3) is 5.91 Å². The number of carbonyl (C=O) groups excluding carboxylic acids is 1. The number of H-pyrrole nitrogens is 1. The highest BCUT2D eigenvalue weighted by Gasteiger charge is 2.09. The van der Waals surface area contributed by atoms with Gasteiger partial charge in [-0.1, -0.05) is 18.2 Å². The Morgan fingerprint density at radius 2 is 2.05 bits per heavy atom. The number of nitrogens with zero attached hydrogens (tertiary/aromatic N) is 3. The number of rotatable bonds is 4. The molecule has 2 heterocycles. The molecule has 0 aliphatic rings. The highest BCUT2D eigenvalue weighted by Crippen LogP contribution is 2.14. The third-order valence-electron chi connectivity index (χ3n) is 2.59. The molecular formula is C13H11N5O2. The van der Waals surface area contributed by atoms with E-state index in [2.05, 4.69) is 25.3 Å². The second-order valence-electron chi connectivity index (χ2n) is 3.97. The van der Waals surface area contributed by atoms with E-state index in [0.717, 1.165) is 0 Å². The molecule has 20 heavy (non-hydrogen) atoms. The van der Waals surface area contributed by atoms with Crippen molar-refractivity contribution in [2.24, 2.45) is 0 Å². The lowest BCUT2D eigenvalue weighted by molar-refractivity contribution is -0.118. The first kappa shape index (κ1) is 12.1. The standard InChI is InChI=1S/C13H11N5O2/c19-10(6-20-9-4-2-1-3-5-9)18-13-11-12(15-7-14-11)16-8-17-13/h1-5,7-8H,6H2,(H2,14,15,16,17,18,19). The molecule has 1 amide bonds. The van der Waals surface area contributed by atoms with Crippen molar-refractivity contribution < 1.29 is 9.53 Å². The van der Waals surface area contributed by atoms with Crippen LogP contribution in [0.3, 0.4) is 0 Å². The molecule has 0 saturated heterocycles. The number of para-hydroxylation sites is 1. The summed E-state index contributed by atoms with van der Waals surface area (Å²) >= 11 is 0. The van der Waals surface area contributed by atoms with Crippen molar-refractivity contribution in [3.63, 3.8) is 0 Å². The molecule has 7 heteroatoms. The quantitative estimate of drug-likeness (QED) is 0.746. The second-order valence-corrected chi connectivity index (χ2v) is 3.97. The number of hydrogen-bond donors (Lipinski definition) is 2. The van der Waals surface area contributed by atoms with Gasteiger partial charge in [0, 0.05) is 0 Å². The Labute approximate surface area is 114 Å². The van der Waals surface area contributed by atoms with Gasteiger partial charge in [-0.25, -0.2) is 15.0 Å². The van der Waals surface area contributed by atoms with Gasteiger partial charge in [-0.15, -0.1) is 0 Å². The second kappa shape index (κ2) is 5.35. The topological polar surface area (TPSA) is 92.8 Å². The fraction of sp³-hybridized carbons (Fsp3) is 0.0769. The number of anilines is 1. The fourth-order valence-electron chi connectivity index (χ4n) is 1.69.